The lowest BCUT2D eigenvalue weighted by molar-refractivity contribution is 0.0361. The van der Waals surface area contributed by atoms with Crippen LogP contribution < -0.4 is 5.32 Å². The molecule has 5 rings (SSSR count). The fraction of sp³-hybridized carbons (Fsp3) is 0.517. The molecule has 4 heterocycles. The molecule has 1 aliphatic heterocycles. The lowest BCUT2D eigenvalue weighted by Crippen LogP contribution is -2.38. The van der Waals surface area contributed by atoms with E-state index < -0.39 is 13.9 Å². The number of carbonyl (C=O) groups excluding carboxylic acids is 1. The molecule has 10 nitrogen and oxygen atoms in total. The number of rotatable bonds is 12. The van der Waals surface area contributed by atoms with Crippen LogP contribution in [0.1, 0.15) is 23.7 Å². The number of morpholine rings is 1. The number of nitrogens with one attached hydrogen (secondary N) is 1. The van der Waals surface area contributed by atoms with Gasteiger partial charge in [0.1, 0.15) is 29.5 Å². The van der Waals surface area contributed by atoms with Crippen molar-refractivity contribution in [1.82, 2.24) is 34.5 Å². The second-order valence-electron chi connectivity index (χ2n) is 11.9. The lowest BCUT2D eigenvalue weighted by atomic mass is 10.1. The van der Waals surface area contributed by atoms with Gasteiger partial charge in [0.05, 0.1) is 42.4 Å². The number of ether oxygens (including phenoxy) is 2. The van der Waals surface area contributed by atoms with E-state index in [-0.39, 0.29) is 12.6 Å². The Balaban J connectivity index is 1.52. The topological polar surface area (TPSA) is 99.3 Å². The first kappa shape index (κ1) is 30.6. The molecule has 0 unspecified atom stereocenters. The molecule has 0 bridgehead atoms. The van der Waals surface area contributed by atoms with Gasteiger partial charge in [-0.15, -0.1) is 0 Å². The van der Waals surface area contributed by atoms with Gasteiger partial charge in [0.2, 0.25) is 0 Å². The summed E-state index contributed by atoms with van der Waals surface area (Å²) in [5.74, 6) is -0.727. The van der Waals surface area contributed by atoms with Gasteiger partial charge in [0.25, 0.3) is 5.91 Å². The van der Waals surface area contributed by atoms with E-state index in [1.54, 1.807) is 27.7 Å². The highest BCUT2D eigenvalue weighted by atomic mass is 35.5. The lowest BCUT2D eigenvalue weighted by Gasteiger charge is -2.26. The van der Waals surface area contributed by atoms with Crippen LogP contribution in [-0.2, 0) is 22.7 Å². The number of fused-ring (bicyclic) bond motifs is 2. The van der Waals surface area contributed by atoms with Crippen molar-refractivity contribution in [3.63, 3.8) is 0 Å². The molecule has 0 saturated carbocycles. The van der Waals surface area contributed by atoms with Gasteiger partial charge in [-0.05, 0) is 24.6 Å². The van der Waals surface area contributed by atoms with Gasteiger partial charge in [-0.3, -0.25) is 14.4 Å². The molecule has 1 N–H and O–H groups in total. The van der Waals surface area contributed by atoms with Crippen molar-refractivity contribution < 1.29 is 18.7 Å². The van der Waals surface area contributed by atoms with Crippen molar-refractivity contribution in [2.24, 2.45) is 0 Å². The van der Waals surface area contributed by atoms with Crippen molar-refractivity contribution in [2.45, 2.75) is 52.3 Å². The zero-order valence-electron chi connectivity index (χ0n) is 24.8. The van der Waals surface area contributed by atoms with Gasteiger partial charge in [-0.2, -0.15) is 5.10 Å². The van der Waals surface area contributed by atoms with Crippen LogP contribution in [0.4, 0.5) is 4.39 Å². The molecular weight excluding hydrogens is 577 g/mol. The number of amides is 1. The van der Waals surface area contributed by atoms with Crippen molar-refractivity contribution in [2.75, 3.05) is 46.0 Å². The molecule has 0 atom stereocenters. The SMILES string of the molecule is CCCNC(=O)c1cn(COCC[Si](C)(C)C)c2ncc(-c3nn(CCN4CCOCC4)c4cc(Cl)cc(F)c34)nc12. The summed E-state index contributed by atoms with van der Waals surface area (Å²) >= 11 is 6.26. The number of halogens is 2. The van der Waals surface area contributed by atoms with Crippen LogP contribution in [0.15, 0.2) is 24.5 Å². The Morgan fingerprint density at radius 3 is 2.74 bits per heavy atom. The highest BCUT2D eigenvalue weighted by molar-refractivity contribution is 6.76. The molecular formula is C29H39ClFN7O3Si. The molecule has 4 aromatic rings. The molecule has 0 aliphatic carbocycles. The second-order valence-corrected chi connectivity index (χ2v) is 17.9. The number of aromatic nitrogens is 5. The summed E-state index contributed by atoms with van der Waals surface area (Å²) in [6.45, 7) is 14.7. The minimum atomic E-state index is -1.25. The zero-order chi connectivity index (χ0) is 29.9. The quantitative estimate of drug-likeness (QED) is 0.176. The Labute approximate surface area is 251 Å². The van der Waals surface area contributed by atoms with E-state index in [4.69, 9.17) is 31.2 Å². The first-order valence-electron chi connectivity index (χ1n) is 14.5. The number of benzene rings is 1. The van der Waals surface area contributed by atoms with E-state index in [1.807, 2.05) is 6.92 Å². The van der Waals surface area contributed by atoms with E-state index in [0.29, 0.717) is 77.0 Å². The maximum absolute atomic E-state index is 15.4. The summed E-state index contributed by atoms with van der Waals surface area (Å²) in [4.78, 5) is 25.0. The molecule has 1 aliphatic rings. The van der Waals surface area contributed by atoms with Crippen LogP contribution in [0, 0.1) is 5.82 Å². The predicted octanol–water partition coefficient (Wildman–Crippen LogP) is 5.02. The molecule has 1 aromatic carbocycles. The largest absolute Gasteiger partial charge is 0.379 e. The molecule has 42 heavy (non-hydrogen) atoms. The third kappa shape index (κ3) is 7.00. The standard InChI is InChI=1S/C29H39ClFN7O3Si/c1-5-6-32-29(39)21-18-37(19-41-13-14-42(2,3)4)28-26(21)34-23(17-33-28)27-25-22(31)15-20(30)16-24(25)38(35-27)8-7-36-9-11-40-12-10-36/h15-18H,5-14,19H2,1-4H3,(H,32,39). The van der Waals surface area contributed by atoms with Gasteiger partial charge in [0, 0.05) is 52.1 Å². The monoisotopic (exact) mass is 615 g/mol. The van der Waals surface area contributed by atoms with E-state index in [0.717, 1.165) is 32.1 Å². The van der Waals surface area contributed by atoms with Gasteiger partial charge in [0.15, 0.2) is 5.65 Å². The molecule has 3 aromatic heterocycles. The molecule has 0 spiro atoms. The first-order valence-corrected chi connectivity index (χ1v) is 18.6. The maximum atomic E-state index is 15.4. The maximum Gasteiger partial charge on any atom is 0.255 e. The Hall–Kier alpha value is -2.90. The van der Waals surface area contributed by atoms with Gasteiger partial charge < -0.3 is 19.4 Å². The molecule has 1 fully saturated rings. The fourth-order valence-corrected chi connectivity index (χ4v) is 5.89. The summed E-state index contributed by atoms with van der Waals surface area (Å²) in [5, 5.41) is 8.34. The average Bonchev–Trinajstić information content (AvgIpc) is 3.51. The van der Waals surface area contributed by atoms with Crippen LogP contribution in [0.25, 0.3) is 33.5 Å². The normalized spacial score (nSPS) is 14.7. The van der Waals surface area contributed by atoms with Crippen LogP contribution in [0.3, 0.4) is 0 Å². The van der Waals surface area contributed by atoms with E-state index in [9.17, 15) is 4.79 Å². The highest BCUT2D eigenvalue weighted by Gasteiger charge is 2.23. The third-order valence-corrected chi connectivity index (χ3v) is 9.24. The van der Waals surface area contributed by atoms with Crippen LogP contribution in [-0.4, -0.2) is 89.2 Å². The number of hydrogen-bond donors (Lipinski definition) is 1. The molecule has 226 valence electrons. The van der Waals surface area contributed by atoms with Gasteiger partial charge in [-0.25, -0.2) is 14.4 Å². The first-order chi connectivity index (χ1) is 20.1. The van der Waals surface area contributed by atoms with Crippen LogP contribution >= 0.6 is 11.6 Å². The van der Waals surface area contributed by atoms with Gasteiger partial charge in [-0.1, -0.05) is 38.2 Å². The summed E-state index contributed by atoms with van der Waals surface area (Å²) in [6, 6.07) is 4.04. The Kier molecular flexibility index (Phi) is 9.58. The van der Waals surface area contributed by atoms with E-state index in [1.165, 1.54) is 6.07 Å². The number of hydrogen-bond acceptors (Lipinski definition) is 7. The van der Waals surface area contributed by atoms with Crippen molar-refractivity contribution >= 4 is 47.6 Å². The van der Waals surface area contributed by atoms with Crippen LogP contribution in [0.5, 0.6) is 0 Å². The minimum Gasteiger partial charge on any atom is -0.379 e. The Bertz CT molecular complexity index is 1560. The van der Waals surface area contributed by atoms with Crippen LogP contribution in [0.2, 0.25) is 30.7 Å². The summed E-state index contributed by atoms with van der Waals surface area (Å²) < 4.78 is 30.4. The smallest absolute Gasteiger partial charge is 0.255 e. The van der Waals surface area contributed by atoms with E-state index in [2.05, 4.69) is 34.8 Å². The molecule has 0 radical (unpaired) electrons. The zero-order valence-corrected chi connectivity index (χ0v) is 26.5. The summed E-state index contributed by atoms with van der Waals surface area (Å²) in [5.41, 5.74) is 2.64. The Morgan fingerprint density at radius 1 is 1.21 bits per heavy atom. The van der Waals surface area contributed by atoms with Crippen molar-refractivity contribution in [3.8, 4) is 11.4 Å². The van der Waals surface area contributed by atoms with Crippen molar-refractivity contribution in [3.05, 3.63) is 40.9 Å². The third-order valence-electron chi connectivity index (χ3n) is 7.32. The highest BCUT2D eigenvalue weighted by Crippen LogP contribution is 2.32. The summed E-state index contributed by atoms with van der Waals surface area (Å²) in [7, 11) is -1.25. The predicted molar refractivity (Wildman–Crippen MR) is 165 cm³/mol. The summed E-state index contributed by atoms with van der Waals surface area (Å²) in [6.07, 6.45) is 4.11. The molecule has 1 saturated heterocycles. The van der Waals surface area contributed by atoms with Crippen molar-refractivity contribution in [1.29, 1.82) is 0 Å². The average molecular weight is 616 g/mol. The van der Waals surface area contributed by atoms with E-state index >= 15 is 4.39 Å². The molecule has 13 heteroatoms. The Morgan fingerprint density at radius 2 is 2.00 bits per heavy atom. The molecule has 1 amide bonds. The van der Waals surface area contributed by atoms with Gasteiger partial charge >= 0.3 is 0 Å². The second kappa shape index (κ2) is 13.2. The number of carbonyl (C=O) groups is 1. The number of nitrogens with zero attached hydrogens (tertiary/aromatic N) is 6. The minimum absolute atomic E-state index is 0.243. The fourth-order valence-electron chi connectivity index (χ4n) is 4.94.